The molecule has 0 bridgehead atoms. The Bertz CT molecular complexity index is 1240. The van der Waals surface area contributed by atoms with E-state index >= 15 is 0 Å². The second kappa shape index (κ2) is 9.93. The van der Waals surface area contributed by atoms with Crippen LogP contribution in [0.2, 0.25) is 0 Å². The topological polar surface area (TPSA) is 82.0 Å². The lowest BCUT2D eigenvalue weighted by atomic mass is 10.2. The molecule has 0 aliphatic heterocycles. The largest absolute Gasteiger partial charge is 0.496 e. The molecule has 1 N–H and O–H groups in total. The molecule has 0 aliphatic carbocycles. The second-order valence-corrected chi connectivity index (χ2v) is 7.62. The number of hydrogen-bond donors (Lipinski definition) is 1. The van der Waals surface area contributed by atoms with Crippen LogP contribution in [0.4, 0.5) is 5.13 Å². The van der Waals surface area contributed by atoms with Gasteiger partial charge in [-0.3, -0.25) is 5.43 Å². The number of thiazole rings is 1. The number of nitrogens with zero attached hydrogens (tertiary/aromatic N) is 2. The lowest BCUT2D eigenvalue weighted by Gasteiger charge is -2.12. The van der Waals surface area contributed by atoms with Gasteiger partial charge in [0.2, 0.25) is 5.13 Å². The van der Waals surface area contributed by atoms with Crippen LogP contribution >= 0.6 is 11.3 Å². The van der Waals surface area contributed by atoms with Gasteiger partial charge in [0.25, 0.3) is 0 Å². The molecule has 0 atom stereocenters. The molecule has 1 aromatic heterocycles. The van der Waals surface area contributed by atoms with Gasteiger partial charge in [0.05, 0.1) is 30.1 Å². The molecular weight excluding hydrogens is 426 g/mol. The SMILES string of the molecule is CCOc1cc(C=NNc2nc3ccccc3s2)ccc1OC(=O)c1ccccc1OC. The van der Waals surface area contributed by atoms with E-state index in [9.17, 15) is 4.79 Å². The molecule has 4 aromatic rings. The maximum absolute atomic E-state index is 12.6. The summed E-state index contributed by atoms with van der Waals surface area (Å²) in [4.78, 5) is 17.1. The number of hydrogen-bond acceptors (Lipinski definition) is 8. The minimum atomic E-state index is -0.526. The number of anilines is 1. The van der Waals surface area contributed by atoms with Gasteiger partial charge in [-0.15, -0.1) is 0 Å². The van der Waals surface area contributed by atoms with Crippen LogP contribution in [0.25, 0.3) is 10.2 Å². The third kappa shape index (κ3) is 4.87. The number of methoxy groups -OCH3 is 1. The zero-order valence-electron chi connectivity index (χ0n) is 17.6. The number of para-hydroxylation sites is 2. The quantitative estimate of drug-likeness (QED) is 0.169. The number of fused-ring (bicyclic) bond motifs is 1. The fraction of sp³-hybridized carbons (Fsp3) is 0.125. The molecule has 0 radical (unpaired) electrons. The summed E-state index contributed by atoms with van der Waals surface area (Å²) in [7, 11) is 1.51. The van der Waals surface area contributed by atoms with Gasteiger partial charge in [-0.05, 0) is 55.0 Å². The number of aromatic nitrogens is 1. The Morgan fingerprint density at radius 1 is 1.06 bits per heavy atom. The van der Waals surface area contributed by atoms with Gasteiger partial charge in [-0.25, -0.2) is 9.78 Å². The number of hydrazone groups is 1. The van der Waals surface area contributed by atoms with E-state index in [-0.39, 0.29) is 0 Å². The van der Waals surface area contributed by atoms with Crippen LogP contribution in [0.5, 0.6) is 17.2 Å². The van der Waals surface area contributed by atoms with Crippen molar-refractivity contribution >= 4 is 38.9 Å². The lowest BCUT2D eigenvalue weighted by molar-refractivity contribution is 0.0725. The maximum atomic E-state index is 12.6. The van der Waals surface area contributed by atoms with Gasteiger partial charge >= 0.3 is 5.97 Å². The monoisotopic (exact) mass is 447 g/mol. The summed E-state index contributed by atoms with van der Waals surface area (Å²) in [6, 6.07) is 20.0. The van der Waals surface area contributed by atoms with Crippen molar-refractivity contribution in [1.29, 1.82) is 0 Å². The Labute approximate surface area is 189 Å². The summed E-state index contributed by atoms with van der Waals surface area (Å²) in [6.07, 6.45) is 1.65. The van der Waals surface area contributed by atoms with E-state index in [1.54, 1.807) is 48.7 Å². The smallest absolute Gasteiger partial charge is 0.347 e. The van der Waals surface area contributed by atoms with Crippen molar-refractivity contribution in [2.45, 2.75) is 6.92 Å². The van der Waals surface area contributed by atoms with Crippen LogP contribution < -0.4 is 19.6 Å². The summed E-state index contributed by atoms with van der Waals surface area (Å²) < 4.78 is 17.6. The molecule has 0 saturated carbocycles. The van der Waals surface area contributed by atoms with Crippen LogP contribution in [0.3, 0.4) is 0 Å². The molecule has 3 aromatic carbocycles. The van der Waals surface area contributed by atoms with Crippen molar-refractivity contribution in [3.05, 3.63) is 77.9 Å². The first kappa shape index (κ1) is 21.3. The molecule has 0 spiro atoms. The summed E-state index contributed by atoms with van der Waals surface area (Å²) in [5, 5.41) is 4.97. The second-order valence-electron chi connectivity index (χ2n) is 6.59. The maximum Gasteiger partial charge on any atom is 0.347 e. The third-order valence-corrected chi connectivity index (χ3v) is 5.41. The Kier molecular flexibility index (Phi) is 6.62. The minimum absolute atomic E-state index is 0.319. The van der Waals surface area contributed by atoms with Crippen LogP contribution in [-0.4, -0.2) is 30.9 Å². The van der Waals surface area contributed by atoms with Crippen molar-refractivity contribution in [1.82, 2.24) is 4.98 Å². The van der Waals surface area contributed by atoms with Crippen molar-refractivity contribution in [2.24, 2.45) is 5.10 Å². The highest BCUT2D eigenvalue weighted by Crippen LogP contribution is 2.30. The average Bonchev–Trinajstić information content (AvgIpc) is 3.23. The van der Waals surface area contributed by atoms with E-state index in [2.05, 4.69) is 15.5 Å². The molecule has 0 amide bonds. The Morgan fingerprint density at radius 3 is 2.69 bits per heavy atom. The van der Waals surface area contributed by atoms with E-state index in [1.807, 2.05) is 31.2 Å². The minimum Gasteiger partial charge on any atom is -0.496 e. The first-order valence-electron chi connectivity index (χ1n) is 9.94. The van der Waals surface area contributed by atoms with Crippen molar-refractivity contribution in [3.8, 4) is 17.2 Å². The van der Waals surface area contributed by atoms with Gasteiger partial charge in [-0.2, -0.15) is 5.10 Å². The van der Waals surface area contributed by atoms with Crippen molar-refractivity contribution in [3.63, 3.8) is 0 Å². The molecule has 0 saturated heterocycles. The third-order valence-electron chi connectivity index (χ3n) is 4.46. The zero-order valence-corrected chi connectivity index (χ0v) is 18.4. The fourth-order valence-corrected chi connectivity index (χ4v) is 3.82. The van der Waals surface area contributed by atoms with E-state index in [4.69, 9.17) is 14.2 Å². The molecule has 162 valence electrons. The number of carbonyl (C=O) groups excluding carboxylic acids is 1. The van der Waals surface area contributed by atoms with E-state index in [0.717, 1.165) is 15.8 Å². The standard InChI is InChI=1S/C24H21N3O4S/c1-3-30-21-14-16(15-25-27-24-26-18-9-5-7-11-22(18)32-24)12-13-20(21)31-23(28)17-8-4-6-10-19(17)29-2/h4-15H,3H2,1-2H3,(H,26,27). The van der Waals surface area contributed by atoms with Gasteiger partial charge < -0.3 is 14.2 Å². The van der Waals surface area contributed by atoms with Gasteiger partial charge in [0.1, 0.15) is 11.3 Å². The summed E-state index contributed by atoms with van der Waals surface area (Å²) in [6.45, 7) is 2.28. The molecule has 32 heavy (non-hydrogen) atoms. The highest BCUT2D eigenvalue weighted by molar-refractivity contribution is 7.22. The highest BCUT2D eigenvalue weighted by atomic mass is 32.1. The number of rotatable bonds is 8. The molecule has 7 nitrogen and oxygen atoms in total. The summed E-state index contributed by atoms with van der Waals surface area (Å²) >= 11 is 1.53. The van der Waals surface area contributed by atoms with Crippen LogP contribution in [0.15, 0.2) is 71.8 Å². The van der Waals surface area contributed by atoms with Crippen LogP contribution in [0.1, 0.15) is 22.8 Å². The number of nitrogens with one attached hydrogen (secondary N) is 1. The van der Waals surface area contributed by atoms with Gasteiger partial charge in [0, 0.05) is 0 Å². The molecule has 4 rings (SSSR count). The van der Waals surface area contributed by atoms with Crippen molar-refractivity contribution in [2.75, 3.05) is 19.1 Å². The highest BCUT2D eigenvalue weighted by Gasteiger charge is 2.16. The Morgan fingerprint density at radius 2 is 1.88 bits per heavy atom. The molecule has 0 unspecified atom stereocenters. The number of esters is 1. The Hall–Kier alpha value is -3.91. The normalized spacial score (nSPS) is 10.9. The molecule has 1 heterocycles. The summed E-state index contributed by atoms with van der Waals surface area (Å²) in [5.74, 6) is 0.682. The molecular formula is C24H21N3O4S. The van der Waals surface area contributed by atoms with Gasteiger partial charge in [0.15, 0.2) is 11.5 Å². The molecule has 0 aliphatic rings. The first-order chi connectivity index (χ1) is 15.7. The Balaban J connectivity index is 1.49. The zero-order chi connectivity index (χ0) is 22.3. The van der Waals surface area contributed by atoms with Gasteiger partial charge in [-0.1, -0.05) is 35.6 Å². The van der Waals surface area contributed by atoms with E-state index < -0.39 is 5.97 Å². The molecule has 8 heteroatoms. The predicted octanol–water partition coefficient (Wildman–Crippen LogP) is 5.37. The number of ether oxygens (including phenoxy) is 3. The first-order valence-corrected chi connectivity index (χ1v) is 10.8. The molecule has 0 fully saturated rings. The van der Waals surface area contributed by atoms with E-state index in [0.29, 0.717) is 34.6 Å². The van der Waals surface area contributed by atoms with Crippen LogP contribution in [-0.2, 0) is 0 Å². The average molecular weight is 448 g/mol. The predicted molar refractivity (Wildman–Crippen MR) is 126 cm³/mol. The number of benzene rings is 3. The summed E-state index contributed by atoms with van der Waals surface area (Å²) in [5.41, 5.74) is 4.99. The number of carbonyl (C=O) groups is 1. The van der Waals surface area contributed by atoms with E-state index in [1.165, 1.54) is 18.4 Å². The fourth-order valence-electron chi connectivity index (χ4n) is 3.01. The van der Waals surface area contributed by atoms with Crippen molar-refractivity contribution < 1.29 is 19.0 Å². The van der Waals surface area contributed by atoms with Crippen LogP contribution in [0, 0.1) is 0 Å². The lowest BCUT2D eigenvalue weighted by Crippen LogP contribution is -2.11.